The van der Waals surface area contributed by atoms with Gasteiger partial charge in [0.15, 0.2) is 5.65 Å². The predicted molar refractivity (Wildman–Crippen MR) is 155 cm³/mol. The van der Waals surface area contributed by atoms with Gasteiger partial charge in [-0.05, 0) is 55.9 Å². The van der Waals surface area contributed by atoms with Crippen LogP contribution in [0.2, 0.25) is 0 Å². The summed E-state index contributed by atoms with van der Waals surface area (Å²) in [7, 11) is 1.49. The number of urea groups is 1. The van der Waals surface area contributed by atoms with Gasteiger partial charge in [-0.1, -0.05) is 0 Å². The molecule has 4 amide bonds. The van der Waals surface area contributed by atoms with Gasteiger partial charge in [-0.3, -0.25) is 24.4 Å². The van der Waals surface area contributed by atoms with Crippen LogP contribution in [0.1, 0.15) is 59.3 Å². The summed E-state index contributed by atoms with van der Waals surface area (Å²) < 4.78 is 1.91. The molecule has 216 valence electrons. The Hall–Kier alpha value is -5.38. The zero-order chi connectivity index (χ0) is 29.8. The lowest BCUT2D eigenvalue weighted by Gasteiger charge is -2.17. The second-order valence-electron chi connectivity index (χ2n) is 11.3. The number of nitrogens with zero attached hydrogens (tertiary/aromatic N) is 8. The molecule has 5 heterocycles. The highest BCUT2D eigenvalue weighted by Gasteiger charge is 2.46. The van der Waals surface area contributed by atoms with E-state index in [0.29, 0.717) is 58.8 Å². The summed E-state index contributed by atoms with van der Waals surface area (Å²) in [6.07, 6.45) is 8.12. The summed E-state index contributed by atoms with van der Waals surface area (Å²) in [4.78, 5) is 58.3. The minimum Gasteiger partial charge on any atom is -0.364 e. The molecule has 2 saturated carbocycles. The van der Waals surface area contributed by atoms with Crippen molar-refractivity contribution in [2.24, 2.45) is 5.92 Å². The number of hydrogen-bond acceptors (Lipinski definition) is 9. The van der Waals surface area contributed by atoms with Gasteiger partial charge >= 0.3 is 6.03 Å². The number of anilines is 3. The van der Waals surface area contributed by atoms with Crippen LogP contribution in [0, 0.1) is 24.2 Å². The summed E-state index contributed by atoms with van der Waals surface area (Å²) >= 11 is 0. The van der Waals surface area contributed by atoms with E-state index in [9.17, 15) is 19.6 Å². The second-order valence-corrected chi connectivity index (χ2v) is 11.3. The molecule has 1 saturated heterocycles. The third-order valence-electron chi connectivity index (χ3n) is 8.16. The molecule has 2 aliphatic carbocycles. The van der Waals surface area contributed by atoms with Gasteiger partial charge in [0.05, 0.1) is 29.2 Å². The van der Waals surface area contributed by atoms with Crippen molar-refractivity contribution in [1.29, 1.82) is 5.26 Å². The maximum atomic E-state index is 13.0. The van der Waals surface area contributed by atoms with Gasteiger partial charge in [0, 0.05) is 43.0 Å². The van der Waals surface area contributed by atoms with Gasteiger partial charge in [-0.15, -0.1) is 0 Å². The number of nitrogens with one attached hydrogen (secondary N) is 2. The molecular formula is C30H28N10O3. The Morgan fingerprint density at radius 1 is 1.12 bits per heavy atom. The molecule has 2 atom stereocenters. The van der Waals surface area contributed by atoms with E-state index in [4.69, 9.17) is 4.98 Å². The summed E-state index contributed by atoms with van der Waals surface area (Å²) in [5.41, 5.74) is 5.01. The fourth-order valence-electron chi connectivity index (χ4n) is 5.52. The number of aryl methyl sites for hydroxylation is 1. The Bertz CT molecular complexity index is 1860. The van der Waals surface area contributed by atoms with Gasteiger partial charge in [0.25, 0.3) is 0 Å². The lowest BCUT2D eigenvalue weighted by Crippen LogP contribution is -2.30. The van der Waals surface area contributed by atoms with Crippen LogP contribution >= 0.6 is 0 Å². The van der Waals surface area contributed by atoms with Crippen LogP contribution in [0.5, 0.6) is 0 Å². The van der Waals surface area contributed by atoms with Crippen molar-refractivity contribution in [2.45, 2.75) is 44.6 Å². The van der Waals surface area contributed by atoms with Crippen LogP contribution in [0.15, 0.2) is 43.0 Å². The topological polar surface area (TPSA) is 162 Å². The second kappa shape index (κ2) is 10.2. The van der Waals surface area contributed by atoms with Crippen molar-refractivity contribution in [3.63, 3.8) is 0 Å². The van der Waals surface area contributed by atoms with Crippen molar-refractivity contribution in [1.82, 2.24) is 29.2 Å². The predicted octanol–water partition coefficient (Wildman–Crippen LogP) is 3.33. The minimum atomic E-state index is -0.365. The van der Waals surface area contributed by atoms with Crippen molar-refractivity contribution < 1.29 is 14.4 Å². The number of likely N-dealkylation sites (N-methyl/N-ethyl adjacent to an activating group) is 1. The number of amides is 4. The fourth-order valence-corrected chi connectivity index (χ4v) is 5.52. The van der Waals surface area contributed by atoms with Crippen LogP contribution in [-0.2, 0) is 16.1 Å². The minimum absolute atomic E-state index is 0.0163. The van der Waals surface area contributed by atoms with Crippen molar-refractivity contribution in [3.8, 4) is 6.07 Å². The molecule has 0 unspecified atom stereocenters. The average molecular weight is 577 g/mol. The van der Waals surface area contributed by atoms with Crippen LogP contribution in [-0.4, -0.2) is 60.7 Å². The normalized spacial score (nSPS) is 19.6. The highest BCUT2D eigenvalue weighted by Crippen LogP contribution is 2.48. The van der Waals surface area contributed by atoms with Gasteiger partial charge in [-0.2, -0.15) is 5.26 Å². The number of carbonyl (C=O) groups excluding carboxylic acids is 3. The maximum Gasteiger partial charge on any atom is 0.331 e. The van der Waals surface area contributed by atoms with E-state index in [1.54, 1.807) is 18.2 Å². The van der Waals surface area contributed by atoms with Crippen molar-refractivity contribution in [3.05, 3.63) is 71.2 Å². The number of imidazole rings is 1. The highest BCUT2D eigenvalue weighted by molar-refractivity contribution is 6.13. The van der Waals surface area contributed by atoms with Gasteiger partial charge in [0.1, 0.15) is 30.6 Å². The van der Waals surface area contributed by atoms with Gasteiger partial charge in [-0.25, -0.2) is 19.7 Å². The molecule has 3 fully saturated rings. The van der Waals surface area contributed by atoms with E-state index in [-0.39, 0.29) is 36.2 Å². The van der Waals surface area contributed by atoms with E-state index in [0.717, 1.165) is 29.0 Å². The molecule has 4 aromatic heterocycles. The van der Waals surface area contributed by atoms with Gasteiger partial charge in [0.2, 0.25) is 11.8 Å². The van der Waals surface area contributed by atoms with Crippen LogP contribution in [0.25, 0.3) is 5.65 Å². The Morgan fingerprint density at radius 3 is 2.67 bits per heavy atom. The summed E-state index contributed by atoms with van der Waals surface area (Å²) in [5.74, 6) is 0.501. The third kappa shape index (κ3) is 5.01. The van der Waals surface area contributed by atoms with Gasteiger partial charge < -0.3 is 15.0 Å². The number of hydrogen-bond donors (Lipinski definition) is 2. The van der Waals surface area contributed by atoms with Crippen molar-refractivity contribution in [2.75, 3.05) is 29.1 Å². The Labute approximate surface area is 246 Å². The molecule has 2 N–H and O–H groups in total. The SMILES string of the molecule is Cc1ccc(C#N)c([C@H]2C[C@@H]2C(=O)Nc2cc(NCc3cn4cc(C5CC5)cc(N5CC(=O)N(C)C5=O)c4n3)ncn2)n1. The summed E-state index contributed by atoms with van der Waals surface area (Å²) in [6.45, 7) is 2.18. The zero-order valence-corrected chi connectivity index (χ0v) is 23.6. The molecule has 13 heteroatoms. The lowest BCUT2D eigenvalue weighted by molar-refractivity contribution is -0.124. The Morgan fingerprint density at radius 2 is 1.93 bits per heavy atom. The first-order valence-corrected chi connectivity index (χ1v) is 14.1. The number of rotatable bonds is 8. The van der Waals surface area contributed by atoms with Crippen LogP contribution in [0.3, 0.4) is 0 Å². The summed E-state index contributed by atoms with van der Waals surface area (Å²) in [5, 5.41) is 15.5. The molecule has 43 heavy (non-hydrogen) atoms. The molecule has 7 rings (SSSR count). The number of fused-ring (bicyclic) bond motifs is 1. The first-order chi connectivity index (χ1) is 20.8. The Kier molecular flexibility index (Phi) is 6.27. The first-order valence-electron chi connectivity index (χ1n) is 14.1. The molecule has 1 aliphatic heterocycles. The highest BCUT2D eigenvalue weighted by atomic mass is 16.2. The quantitative estimate of drug-likeness (QED) is 0.300. The number of imide groups is 1. The third-order valence-corrected chi connectivity index (χ3v) is 8.16. The fraction of sp³-hybridized carbons (Fsp3) is 0.333. The number of nitriles is 1. The molecule has 0 bridgehead atoms. The monoisotopic (exact) mass is 576 g/mol. The first kappa shape index (κ1) is 26.5. The maximum absolute atomic E-state index is 13.0. The molecule has 0 spiro atoms. The van der Waals surface area contributed by atoms with Crippen LogP contribution < -0.4 is 15.5 Å². The number of aromatic nitrogens is 5. The smallest absolute Gasteiger partial charge is 0.331 e. The molecule has 3 aliphatic rings. The standard InChI is InChI=1S/C30H28N10O3/c1-16-3-4-18(10-31)27(35-16)21-8-22(21)29(42)37-25-9-24(33-15-34-25)32-11-20-13-39-12-19(17-5-6-17)7-23(28(39)36-20)40-14-26(41)38(2)30(40)43/h3-4,7,9,12-13,15,17,21-22H,5-6,8,11,14H2,1-2H3,(H2,32,33,34,37,42)/t21-,22-/m0/s1. The number of carbonyl (C=O) groups is 3. The Balaban J connectivity index is 1.05. The van der Waals surface area contributed by atoms with E-state index >= 15 is 0 Å². The average Bonchev–Trinajstić information content (AvgIpc) is 3.93. The molecule has 0 aromatic carbocycles. The van der Waals surface area contributed by atoms with E-state index in [1.807, 2.05) is 29.8 Å². The number of pyridine rings is 2. The molecular weight excluding hydrogens is 548 g/mol. The van der Waals surface area contributed by atoms with E-state index in [1.165, 1.54) is 18.3 Å². The van der Waals surface area contributed by atoms with Crippen LogP contribution in [0.4, 0.5) is 22.1 Å². The molecule has 0 radical (unpaired) electrons. The largest absolute Gasteiger partial charge is 0.364 e. The zero-order valence-electron chi connectivity index (χ0n) is 23.6. The summed E-state index contributed by atoms with van der Waals surface area (Å²) in [6, 6.07) is 8.96. The molecule has 4 aromatic rings. The van der Waals surface area contributed by atoms with E-state index in [2.05, 4.69) is 31.7 Å². The van der Waals surface area contributed by atoms with Crippen molar-refractivity contribution >= 4 is 40.8 Å². The lowest BCUT2D eigenvalue weighted by atomic mass is 10.1. The van der Waals surface area contributed by atoms with E-state index < -0.39 is 0 Å². The molecule has 13 nitrogen and oxygen atoms in total.